The second kappa shape index (κ2) is 7.28. The fourth-order valence-corrected chi connectivity index (χ4v) is 4.37. The van der Waals surface area contributed by atoms with E-state index in [0.29, 0.717) is 24.3 Å². The minimum absolute atomic E-state index is 0.0619. The number of nitrogens with one attached hydrogen (secondary N) is 1. The first-order chi connectivity index (χ1) is 10.8. The number of anilines is 1. The van der Waals surface area contributed by atoms with Crippen molar-refractivity contribution in [2.24, 2.45) is 0 Å². The second-order valence-electron chi connectivity index (χ2n) is 6.14. The van der Waals surface area contributed by atoms with Gasteiger partial charge in [0.05, 0.1) is 17.5 Å². The second-order valence-corrected chi connectivity index (χ2v) is 8.07. The lowest BCUT2D eigenvalue weighted by Gasteiger charge is -2.33. The molecular formula is C16H24N4O2S. The zero-order valence-corrected chi connectivity index (χ0v) is 14.8. The van der Waals surface area contributed by atoms with E-state index in [1.807, 2.05) is 19.9 Å². The Balaban J connectivity index is 1.98. The van der Waals surface area contributed by atoms with E-state index >= 15 is 0 Å². The molecule has 0 amide bonds. The Bertz CT molecular complexity index is 686. The number of rotatable bonds is 5. The summed E-state index contributed by atoms with van der Waals surface area (Å²) in [6, 6.07) is 4.08. The Morgan fingerprint density at radius 1 is 1.43 bits per heavy atom. The van der Waals surface area contributed by atoms with E-state index in [0.717, 1.165) is 37.1 Å². The smallest absolute Gasteiger partial charge is 0.211 e. The van der Waals surface area contributed by atoms with E-state index < -0.39 is 10.0 Å². The zero-order valence-electron chi connectivity index (χ0n) is 14.0. The summed E-state index contributed by atoms with van der Waals surface area (Å²) in [6.07, 6.45) is 4.96. The molecular weight excluding hydrogens is 312 g/mol. The maximum absolute atomic E-state index is 11.9. The maximum atomic E-state index is 11.9. The number of hydrogen-bond donors (Lipinski definition) is 1. The number of sulfonamides is 1. The molecule has 6 nitrogen and oxygen atoms in total. The van der Waals surface area contributed by atoms with Crippen molar-refractivity contribution in [1.82, 2.24) is 9.29 Å². The number of nitrogens with zero attached hydrogens (tertiary/aromatic N) is 3. The Morgan fingerprint density at radius 3 is 2.78 bits per heavy atom. The number of piperidine rings is 1. The summed E-state index contributed by atoms with van der Waals surface area (Å²) in [6.45, 7) is 5.00. The molecule has 0 spiro atoms. The quantitative estimate of drug-likeness (QED) is 0.890. The van der Waals surface area contributed by atoms with Crippen LogP contribution >= 0.6 is 0 Å². The third kappa shape index (κ3) is 4.43. The molecule has 1 aromatic heterocycles. The van der Waals surface area contributed by atoms with Crippen molar-refractivity contribution in [2.45, 2.75) is 45.6 Å². The van der Waals surface area contributed by atoms with Gasteiger partial charge in [0.1, 0.15) is 11.9 Å². The van der Waals surface area contributed by atoms with E-state index in [9.17, 15) is 8.42 Å². The Morgan fingerprint density at radius 2 is 2.17 bits per heavy atom. The van der Waals surface area contributed by atoms with E-state index in [2.05, 4.69) is 16.4 Å². The van der Waals surface area contributed by atoms with Gasteiger partial charge in [-0.1, -0.05) is 6.42 Å². The summed E-state index contributed by atoms with van der Waals surface area (Å²) in [7, 11) is -3.14. The van der Waals surface area contributed by atoms with Gasteiger partial charge < -0.3 is 5.32 Å². The SMILES string of the molecule is Cc1cc(NCCC2CCCCN2S(C)(=O)=O)nc(C)c1C#N. The number of nitriles is 1. The third-order valence-electron chi connectivity index (χ3n) is 4.29. The number of pyridine rings is 1. The van der Waals surface area contributed by atoms with Crippen molar-refractivity contribution in [3.05, 3.63) is 22.9 Å². The van der Waals surface area contributed by atoms with Crippen LogP contribution in [0.1, 0.15) is 42.5 Å². The summed E-state index contributed by atoms with van der Waals surface area (Å²) >= 11 is 0. The van der Waals surface area contributed by atoms with E-state index in [1.54, 1.807) is 4.31 Å². The highest BCUT2D eigenvalue weighted by atomic mass is 32.2. The summed E-state index contributed by atoms with van der Waals surface area (Å²) < 4.78 is 25.3. The number of hydrogen-bond acceptors (Lipinski definition) is 5. The van der Waals surface area contributed by atoms with Gasteiger partial charge in [0.2, 0.25) is 10.0 Å². The predicted molar refractivity (Wildman–Crippen MR) is 90.7 cm³/mol. The molecule has 0 aromatic carbocycles. The van der Waals surface area contributed by atoms with Gasteiger partial charge >= 0.3 is 0 Å². The van der Waals surface area contributed by atoms with Crippen LogP contribution in [0.3, 0.4) is 0 Å². The molecule has 1 atom stereocenters. The van der Waals surface area contributed by atoms with Gasteiger partial charge in [-0.05, 0) is 44.7 Å². The molecule has 2 heterocycles. The van der Waals surface area contributed by atoms with E-state index in [-0.39, 0.29) is 6.04 Å². The van der Waals surface area contributed by atoms with Crippen molar-refractivity contribution >= 4 is 15.8 Å². The highest BCUT2D eigenvalue weighted by molar-refractivity contribution is 7.88. The molecule has 0 radical (unpaired) electrons. The highest BCUT2D eigenvalue weighted by Gasteiger charge is 2.28. The van der Waals surface area contributed by atoms with Gasteiger partial charge in [0.25, 0.3) is 0 Å². The maximum Gasteiger partial charge on any atom is 0.211 e. The molecule has 0 aliphatic carbocycles. The van der Waals surface area contributed by atoms with Crippen LogP contribution in [-0.2, 0) is 10.0 Å². The van der Waals surface area contributed by atoms with Crippen molar-refractivity contribution in [3.63, 3.8) is 0 Å². The molecule has 1 unspecified atom stereocenters. The monoisotopic (exact) mass is 336 g/mol. The van der Waals surface area contributed by atoms with Crippen LogP contribution in [-0.4, -0.2) is 43.1 Å². The van der Waals surface area contributed by atoms with Crippen molar-refractivity contribution in [3.8, 4) is 6.07 Å². The predicted octanol–water partition coefficient (Wildman–Crippen LogP) is 2.19. The number of aromatic nitrogens is 1. The molecule has 2 rings (SSSR count). The van der Waals surface area contributed by atoms with Crippen LogP contribution in [0.4, 0.5) is 5.82 Å². The topological polar surface area (TPSA) is 86.1 Å². The molecule has 0 bridgehead atoms. The standard InChI is InChI=1S/C16H24N4O2S/c1-12-10-16(19-13(2)15(12)11-17)18-8-7-14-6-4-5-9-20(14)23(3,21)22/h10,14H,4-9H2,1-3H3,(H,18,19). The van der Waals surface area contributed by atoms with E-state index in [1.165, 1.54) is 6.26 Å². The molecule has 1 aromatic rings. The summed E-state index contributed by atoms with van der Waals surface area (Å²) in [5.74, 6) is 0.737. The van der Waals surface area contributed by atoms with Crippen LogP contribution in [0.2, 0.25) is 0 Å². The molecule has 1 fully saturated rings. The largest absolute Gasteiger partial charge is 0.370 e. The Labute approximate surface area is 138 Å². The average Bonchev–Trinajstić information content (AvgIpc) is 2.46. The van der Waals surface area contributed by atoms with Crippen molar-refractivity contribution in [1.29, 1.82) is 5.26 Å². The van der Waals surface area contributed by atoms with Gasteiger partial charge in [-0.25, -0.2) is 13.4 Å². The first-order valence-corrected chi connectivity index (χ1v) is 9.77. The van der Waals surface area contributed by atoms with Gasteiger partial charge in [0, 0.05) is 19.1 Å². The molecule has 1 saturated heterocycles. The molecule has 0 saturated carbocycles. The van der Waals surface area contributed by atoms with Crippen molar-refractivity contribution < 1.29 is 8.42 Å². The van der Waals surface area contributed by atoms with Crippen LogP contribution in [0.25, 0.3) is 0 Å². The van der Waals surface area contributed by atoms with Gasteiger partial charge in [-0.2, -0.15) is 9.57 Å². The van der Waals surface area contributed by atoms with Gasteiger partial charge in [0.15, 0.2) is 0 Å². The minimum Gasteiger partial charge on any atom is -0.370 e. The Kier molecular flexibility index (Phi) is 5.60. The van der Waals surface area contributed by atoms with E-state index in [4.69, 9.17) is 5.26 Å². The normalized spacial score (nSPS) is 19.3. The minimum atomic E-state index is -3.14. The summed E-state index contributed by atoms with van der Waals surface area (Å²) in [5.41, 5.74) is 2.23. The average molecular weight is 336 g/mol. The summed E-state index contributed by atoms with van der Waals surface area (Å²) in [5, 5.41) is 12.3. The lowest BCUT2D eigenvalue weighted by atomic mass is 10.0. The van der Waals surface area contributed by atoms with Crippen LogP contribution in [0.5, 0.6) is 0 Å². The number of aryl methyl sites for hydroxylation is 2. The molecule has 23 heavy (non-hydrogen) atoms. The Hall–Kier alpha value is -1.65. The summed E-state index contributed by atoms with van der Waals surface area (Å²) in [4.78, 5) is 4.39. The van der Waals surface area contributed by atoms with Crippen LogP contribution in [0.15, 0.2) is 6.07 Å². The van der Waals surface area contributed by atoms with Gasteiger partial charge in [-0.15, -0.1) is 0 Å². The lowest BCUT2D eigenvalue weighted by Crippen LogP contribution is -2.43. The highest BCUT2D eigenvalue weighted by Crippen LogP contribution is 2.22. The first kappa shape index (κ1) is 17.7. The third-order valence-corrected chi connectivity index (χ3v) is 5.62. The molecule has 7 heteroatoms. The van der Waals surface area contributed by atoms with Crippen LogP contribution in [0, 0.1) is 25.2 Å². The van der Waals surface area contributed by atoms with Gasteiger partial charge in [-0.3, -0.25) is 0 Å². The van der Waals surface area contributed by atoms with Crippen LogP contribution < -0.4 is 5.32 Å². The molecule has 126 valence electrons. The molecule has 1 aliphatic rings. The lowest BCUT2D eigenvalue weighted by molar-refractivity contribution is 0.246. The first-order valence-electron chi connectivity index (χ1n) is 7.92. The molecule has 1 aliphatic heterocycles. The van der Waals surface area contributed by atoms with Crippen molar-refractivity contribution in [2.75, 3.05) is 24.7 Å². The fraction of sp³-hybridized carbons (Fsp3) is 0.625. The fourth-order valence-electron chi connectivity index (χ4n) is 3.16. The molecule has 1 N–H and O–H groups in total. The zero-order chi connectivity index (χ0) is 17.0.